The van der Waals surface area contributed by atoms with Crippen LogP contribution in [0.1, 0.15) is 52.6 Å². The van der Waals surface area contributed by atoms with Crippen molar-refractivity contribution < 1.29 is 4.79 Å². The Balaban J connectivity index is 1.79. The number of aryl methyl sites for hydroxylation is 2. The van der Waals surface area contributed by atoms with E-state index in [9.17, 15) is 4.79 Å². The Bertz CT molecular complexity index is 1290. The standard InChI is InChI=1S/C25H25ClN4O/c1-14(2)18-9-11-19(12-10-18)28-25(31)20-13-15(3)27-24-23(20)17(5)29-30(24)22-8-6-7-21(26)16(22)4/h6-14H,1-5H3,(H,28,31). The van der Waals surface area contributed by atoms with Crippen molar-refractivity contribution in [1.82, 2.24) is 14.8 Å². The molecule has 0 aliphatic rings. The molecule has 4 rings (SSSR count). The highest BCUT2D eigenvalue weighted by Crippen LogP contribution is 2.29. The molecule has 0 fully saturated rings. The third-order valence-corrected chi connectivity index (χ3v) is 5.90. The average molecular weight is 433 g/mol. The van der Waals surface area contributed by atoms with E-state index in [1.165, 1.54) is 5.56 Å². The minimum Gasteiger partial charge on any atom is -0.322 e. The van der Waals surface area contributed by atoms with Crippen molar-refractivity contribution in [3.63, 3.8) is 0 Å². The minimum absolute atomic E-state index is 0.182. The van der Waals surface area contributed by atoms with E-state index in [0.717, 1.165) is 33.7 Å². The van der Waals surface area contributed by atoms with Crippen LogP contribution in [0.15, 0.2) is 48.5 Å². The molecule has 0 aliphatic heterocycles. The molecule has 5 nitrogen and oxygen atoms in total. The second-order valence-corrected chi connectivity index (χ2v) is 8.53. The molecule has 0 saturated carbocycles. The number of benzene rings is 2. The average Bonchev–Trinajstić information content (AvgIpc) is 3.05. The number of rotatable bonds is 4. The Kier molecular flexibility index (Phi) is 5.54. The van der Waals surface area contributed by atoms with Crippen LogP contribution >= 0.6 is 11.6 Å². The summed E-state index contributed by atoms with van der Waals surface area (Å²) in [5, 5.41) is 9.11. The second-order valence-electron chi connectivity index (χ2n) is 8.12. The predicted octanol–water partition coefficient (Wildman–Crippen LogP) is 6.37. The van der Waals surface area contributed by atoms with E-state index in [-0.39, 0.29) is 5.91 Å². The molecular formula is C25H25ClN4O. The Morgan fingerprint density at radius 1 is 1.06 bits per heavy atom. The number of nitrogens with zero attached hydrogens (tertiary/aromatic N) is 3. The maximum Gasteiger partial charge on any atom is 0.256 e. The van der Waals surface area contributed by atoms with Crippen molar-refractivity contribution in [1.29, 1.82) is 0 Å². The van der Waals surface area contributed by atoms with Crippen molar-refractivity contribution in [3.05, 3.63) is 81.6 Å². The summed E-state index contributed by atoms with van der Waals surface area (Å²) < 4.78 is 1.77. The van der Waals surface area contributed by atoms with Gasteiger partial charge in [-0.25, -0.2) is 9.67 Å². The van der Waals surface area contributed by atoms with Crippen molar-refractivity contribution in [2.75, 3.05) is 5.32 Å². The van der Waals surface area contributed by atoms with Crippen LogP contribution in [0.2, 0.25) is 5.02 Å². The number of nitrogens with one attached hydrogen (secondary N) is 1. The summed E-state index contributed by atoms with van der Waals surface area (Å²) in [4.78, 5) is 17.9. The van der Waals surface area contributed by atoms with Gasteiger partial charge in [0.1, 0.15) is 0 Å². The number of aromatic nitrogens is 3. The van der Waals surface area contributed by atoms with Crippen molar-refractivity contribution in [2.24, 2.45) is 0 Å². The molecule has 0 aliphatic carbocycles. The van der Waals surface area contributed by atoms with Gasteiger partial charge in [0.15, 0.2) is 5.65 Å². The third kappa shape index (κ3) is 3.93. The largest absolute Gasteiger partial charge is 0.322 e. The SMILES string of the molecule is Cc1cc(C(=O)Nc2ccc(C(C)C)cc2)c2c(C)nn(-c3cccc(Cl)c3C)c2n1. The number of amides is 1. The highest BCUT2D eigenvalue weighted by atomic mass is 35.5. The van der Waals surface area contributed by atoms with Crippen LogP contribution in [0.3, 0.4) is 0 Å². The molecular weight excluding hydrogens is 408 g/mol. The molecule has 0 spiro atoms. The number of carbonyl (C=O) groups excluding carboxylic acids is 1. The Labute approximate surface area is 187 Å². The van der Waals surface area contributed by atoms with E-state index in [1.54, 1.807) is 4.68 Å². The van der Waals surface area contributed by atoms with Crippen LogP contribution in [-0.2, 0) is 0 Å². The summed E-state index contributed by atoms with van der Waals surface area (Å²) in [7, 11) is 0. The fraction of sp³-hybridized carbons (Fsp3) is 0.240. The zero-order valence-corrected chi connectivity index (χ0v) is 19.1. The van der Waals surface area contributed by atoms with Gasteiger partial charge < -0.3 is 5.32 Å². The summed E-state index contributed by atoms with van der Waals surface area (Å²) >= 11 is 6.33. The van der Waals surface area contributed by atoms with Crippen molar-refractivity contribution >= 4 is 34.2 Å². The van der Waals surface area contributed by atoms with E-state index in [1.807, 2.05) is 69.3 Å². The number of pyridine rings is 1. The molecule has 158 valence electrons. The van der Waals surface area contributed by atoms with Gasteiger partial charge in [-0.1, -0.05) is 43.6 Å². The van der Waals surface area contributed by atoms with Gasteiger partial charge in [0.05, 0.1) is 22.3 Å². The lowest BCUT2D eigenvalue weighted by Gasteiger charge is -2.11. The van der Waals surface area contributed by atoms with E-state index in [2.05, 4.69) is 19.2 Å². The van der Waals surface area contributed by atoms with E-state index in [4.69, 9.17) is 21.7 Å². The zero-order chi connectivity index (χ0) is 22.3. The minimum atomic E-state index is -0.182. The molecule has 2 aromatic heterocycles. The van der Waals surface area contributed by atoms with Crippen LogP contribution in [0.4, 0.5) is 5.69 Å². The van der Waals surface area contributed by atoms with Gasteiger partial charge in [-0.15, -0.1) is 0 Å². The van der Waals surface area contributed by atoms with Crippen LogP contribution in [0.25, 0.3) is 16.7 Å². The maximum atomic E-state index is 13.2. The molecule has 1 N–H and O–H groups in total. The molecule has 2 aromatic carbocycles. The van der Waals surface area contributed by atoms with Gasteiger partial charge in [0.2, 0.25) is 0 Å². The van der Waals surface area contributed by atoms with Gasteiger partial charge in [-0.2, -0.15) is 5.10 Å². The molecule has 6 heteroatoms. The lowest BCUT2D eigenvalue weighted by atomic mass is 10.0. The molecule has 0 atom stereocenters. The van der Waals surface area contributed by atoms with Crippen LogP contribution in [0.5, 0.6) is 0 Å². The normalized spacial score (nSPS) is 11.3. The van der Waals surface area contributed by atoms with Crippen LogP contribution in [0, 0.1) is 20.8 Å². The molecule has 0 radical (unpaired) electrons. The zero-order valence-electron chi connectivity index (χ0n) is 18.3. The Hall–Kier alpha value is -3.18. The van der Waals surface area contributed by atoms with Gasteiger partial charge in [0.25, 0.3) is 5.91 Å². The molecule has 0 unspecified atom stereocenters. The van der Waals surface area contributed by atoms with E-state index in [0.29, 0.717) is 22.2 Å². The lowest BCUT2D eigenvalue weighted by Crippen LogP contribution is -2.13. The fourth-order valence-corrected chi connectivity index (χ4v) is 3.91. The Morgan fingerprint density at radius 3 is 2.45 bits per heavy atom. The number of hydrogen-bond donors (Lipinski definition) is 1. The second kappa shape index (κ2) is 8.16. The topological polar surface area (TPSA) is 59.8 Å². The third-order valence-electron chi connectivity index (χ3n) is 5.49. The summed E-state index contributed by atoms with van der Waals surface area (Å²) in [5.41, 5.74) is 6.42. The van der Waals surface area contributed by atoms with Crippen molar-refractivity contribution in [2.45, 2.75) is 40.5 Å². The van der Waals surface area contributed by atoms with E-state index >= 15 is 0 Å². The highest BCUT2D eigenvalue weighted by Gasteiger charge is 2.20. The predicted molar refractivity (Wildman–Crippen MR) is 127 cm³/mol. The summed E-state index contributed by atoms with van der Waals surface area (Å²) in [6, 6.07) is 15.4. The van der Waals surface area contributed by atoms with Gasteiger partial charge in [-0.3, -0.25) is 4.79 Å². The number of fused-ring (bicyclic) bond motifs is 1. The lowest BCUT2D eigenvalue weighted by molar-refractivity contribution is 0.102. The molecule has 2 heterocycles. The number of halogens is 1. The first-order chi connectivity index (χ1) is 14.8. The fourth-order valence-electron chi connectivity index (χ4n) is 3.74. The van der Waals surface area contributed by atoms with Gasteiger partial charge in [-0.05, 0) is 68.1 Å². The molecule has 0 bridgehead atoms. The molecule has 4 aromatic rings. The monoisotopic (exact) mass is 432 g/mol. The van der Waals surface area contributed by atoms with Crippen LogP contribution < -0.4 is 5.32 Å². The summed E-state index contributed by atoms with van der Waals surface area (Å²) in [6.07, 6.45) is 0. The number of anilines is 1. The highest BCUT2D eigenvalue weighted by molar-refractivity contribution is 6.31. The maximum absolute atomic E-state index is 13.2. The summed E-state index contributed by atoms with van der Waals surface area (Å²) in [5.74, 6) is 0.258. The molecule has 1 amide bonds. The quantitative estimate of drug-likeness (QED) is 0.407. The molecule has 31 heavy (non-hydrogen) atoms. The number of hydrogen-bond acceptors (Lipinski definition) is 3. The van der Waals surface area contributed by atoms with Crippen molar-refractivity contribution in [3.8, 4) is 5.69 Å². The van der Waals surface area contributed by atoms with Gasteiger partial charge in [0, 0.05) is 16.4 Å². The van der Waals surface area contributed by atoms with E-state index < -0.39 is 0 Å². The first kappa shape index (κ1) is 21.1. The van der Waals surface area contributed by atoms with Crippen LogP contribution in [-0.4, -0.2) is 20.7 Å². The number of carbonyl (C=O) groups is 1. The first-order valence-corrected chi connectivity index (χ1v) is 10.7. The smallest absolute Gasteiger partial charge is 0.256 e. The summed E-state index contributed by atoms with van der Waals surface area (Å²) in [6.45, 7) is 10.0. The first-order valence-electron chi connectivity index (χ1n) is 10.3. The Morgan fingerprint density at radius 2 is 1.77 bits per heavy atom. The molecule has 0 saturated heterocycles. The van der Waals surface area contributed by atoms with Gasteiger partial charge >= 0.3 is 0 Å².